The van der Waals surface area contributed by atoms with Gasteiger partial charge in [0, 0.05) is 6.07 Å². The Labute approximate surface area is 70.1 Å². The molecule has 12 heavy (non-hydrogen) atoms. The van der Waals surface area contributed by atoms with E-state index >= 15 is 0 Å². The van der Waals surface area contributed by atoms with Gasteiger partial charge in [-0.1, -0.05) is 0 Å². The molecule has 1 heterocycles. The number of carbonyl (C=O) groups is 1. The topological polar surface area (TPSA) is 59.7 Å². The molecular formula is C8H10O4. The summed E-state index contributed by atoms with van der Waals surface area (Å²) in [6.07, 6.45) is 0. The van der Waals surface area contributed by atoms with Gasteiger partial charge in [-0.3, -0.25) is 0 Å². The minimum Gasteiger partial charge on any atom is -0.481 e. The number of ether oxygens (including phenoxy) is 1. The predicted molar refractivity (Wildman–Crippen MR) is 43.0 cm³/mol. The minimum absolute atomic E-state index is 0.000000000000000444. The highest BCUT2D eigenvalue weighted by atomic mass is 16.5. The number of carbonyl (C=O) groups excluding carboxylic acids is 1. The van der Waals surface area contributed by atoms with Crippen molar-refractivity contribution in [3.05, 3.63) is 31.1 Å². The number of hydrogen-bond acceptors (Lipinski definition) is 4. The molecule has 4 nitrogen and oxygen atoms in total. The molecule has 0 atom stereocenters. The van der Waals surface area contributed by atoms with Gasteiger partial charge in [0.1, 0.15) is 0 Å². The van der Waals surface area contributed by atoms with Gasteiger partial charge in [-0.25, -0.2) is 4.79 Å². The molecule has 0 saturated heterocycles. The van der Waals surface area contributed by atoms with E-state index in [1.165, 1.54) is 19.2 Å². The second-order valence-corrected chi connectivity index (χ2v) is 1.63. The van der Waals surface area contributed by atoms with Crippen molar-refractivity contribution < 1.29 is 19.1 Å². The fourth-order valence-corrected chi connectivity index (χ4v) is 0.538. The van der Waals surface area contributed by atoms with Crippen molar-refractivity contribution in [3.8, 4) is 5.95 Å². The van der Waals surface area contributed by atoms with Crippen molar-refractivity contribution in [2.45, 2.75) is 0 Å². The van der Waals surface area contributed by atoms with Crippen LogP contribution in [0.1, 0.15) is 10.6 Å². The molecule has 0 aromatic carbocycles. The number of rotatable bonds is 1. The molecule has 0 amide bonds. The zero-order valence-electron chi connectivity index (χ0n) is 6.74. The highest BCUT2D eigenvalue weighted by Gasteiger charge is 2.09. The van der Waals surface area contributed by atoms with Crippen LogP contribution in [0.5, 0.6) is 5.95 Å². The first-order chi connectivity index (χ1) is 5.74. The molecule has 1 N–H and O–H groups in total. The number of furan rings is 1. The predicted octanol–water partition coefficient (Wildman–Crippen LogP) is 1.57. The summed E-state index contributed by atoms with van der Waals surface area (Å²) < 4.78 is 8.82. The van der Waals surface area contributed by atoms with Gasteiger partial charge >= 0.3 is 5.97 Å². The van der Waals surface area contributed by atoms with Crippen LogP contribution >= 0.6 is 0 Å². The molecule has 0 radical (unpaired) electrons. The monoisotopic (exact) mass is 170 g/mol. The second-order valence-electron chi connectivity index (χ2n) is 1.63. The van der Waals surface area contributed by atoms with Crippen molar-refractivity contribution in [1.29, 1.82) is 0 Å². The van der Waals surface area contributed by atoms with E-state index in [9.17, 15) is 4.79 Å². The molecule has 66 valence electrons. The summed E-state index contributed by atoms with van der Waals surface area (Å²) in [6.45, 7) is 6.00. The Balaban J connectivity index is 0.000000561. The molecule has 1 rings (SSSR count). The van der Waals surface area contributed by atoms with Crippen molar-refractivity contribution >= 4 is 5.97 Å². The molecule has 4 heteroatoms. The average Bonchev–Trinajstić information content (AvgIpc) is 2.54. The zero-order valence-corrected chi connectivity index (χ0v) is 6.74. The Morgan fingerprint density at radius 3 is 2.50 bits per heavy atom. The van der Waals surface area contributed by atoms with Crippen molar-refractivity contribution in [2.75, 3.05) is 7.11 Å². The SMILES string of the molecule is C=C.COC(=O)c1ccc(O)o1. The van der Waals surface area contributed by atoms with Crippen molar-refractivity contribution in [2.24, 2.45) is 0 Å². The summed E-state index contributed by atoms with van der Waals surface area (Å²) in [5, 5.41) is 8.62. The molecule has 1 aromatic heterocycles. The van der Waals surface area contributed by atoms with E-state index in [4.69, 9.17) is 5.11 Å². The largest absolute Gasteiger partial charge is 0.481 e. The van der Waals surface area contributed by atoms with E-state index < -0.39 is 5.97 Å². The number of aromatic hydroxyl groups is 1. The highest BCUT2D eigenvalue weighted by molar-refractivity contribution is 5.86. The maximum atomic E-state index is 10.6. The standard InChI is InChI=1S/C6H6O4.C2H4/c1-9-6(8)4-2-3-5(7)10-4;1-2/h2-3,7H,1H3;1-2H2. The van der Waals surface area contributed by atoms with Crippen LogP contribution < -0.4 is 0 Å². The first kappa shape index (κ1) is 10.3. The Morgan fingerprint density at radius 1 is 1.58 bits per heavy atom. The number of methoxy groups -OCH3 is 1. The number of esters is 1. The maximum absolute atomic E-state index is 10.6. The van der Waals surface area contributed by atoms with E-state index in [-0.39, 0.29) is 11.7 Å². The molecule has 0 bridgehead atoms. The second kappa shape index (κ2) is 5.01. The van der Waals surface area contributed by atoms with E-state index in [1.54, 1.807) is 0 Å². The van der Waals surface area contributed by atoms with Crippen LogP contribution in [0.25, 0.3) is 0 Å². The Kier molecular flexibility index (Phi) is 4.30. The van der Waals surface area contributed by atoms with Gasteiger partial charge in [0.15, 0.2) is 0 Å². The summed E-state index contributed by atoms with van der Waals surface area (Å²) in [5.74, 6) is -0.888. The lowest BCUT2D eigenvalue weighted by Crippen LogP contribution is -1.97. The van der Waals surface area contributed by atoms with Crippen molar-refractivity contribution in [3.63, 3.8) is 0 Å². The van der Waals surface area contributed by atoms with Crippen molar-refractivity contribution in [1.82, 2.24) is 0 Å². The van der Waals surface area contributed by atoms with E-state index in [2.05, 4.69) is 22.3 Å². The van der Waals surface area contributed by atoms with Gasteiger partial charge in [-0.2, -0.15) is 0 Å². The van der Waals surface area contributed by atoms with E-state index in [0.29, 0.717) is 0 Å². The van der Waals surface area contributed by atoms with Crippen LogP contribution in [-0.4, -0.2) is 18.2 Å². The summed E-state index contributed by atoms with van der Waals surface area (Å²) >= 11 is 0. The summed E-state index contributed by atoms with van der Waals surface area (Å²) in [4.78, 5) is 10.6. The quantitative estimate of drug-likeness (QED) is 0.513. The lowest BCUT2D eigenvalue weighted by atomic mass is 10.5. The van der Waals surface area contributed by atoms with Crippen LogP contribution in [-0.2, 0) is 4.74 Å². The molecule has 0 unspecified atom stereocenters. The average molecular weight is 170 g/mol. The van der Waals surface area contributed by atoms with Crippen LogP contribution in [0.4, 0.5) is 0 Å². The van der Waals surface area contributed by atoms with Crippen LogP contribution in [0.3, 0.4) is 0 Å². The highest BCUT2D eigenvalue weighted by Crippen LogP contribution is 2.13. The lowest BCUT2D eigenvalue weighted by Gasteiger charge is -1.90. The van der Waals surface area contributed by atoms with Crippen LogP contribution in [0.2, 0.25) is 0 Å². The Bertz CT molecular complexity index is 251. The fraction of sp³-hybridized carbons (Fsp3) is 0.125. The lowest BCUT2D eigenvalue weighted by molar-refractivity contribution is 0.0559. The first-order valence-electron chi connectivity index (χ1n) is 3.11. The maximum Gasteiger partial charge on any atom is 0.374 e. The fourth-order valence-electron chi connectivity index (χ4n) is 0.538. The van der Waals surface area contributed by atoms with Gasteiger partial charge < -0.3 is 14.3 Å². The minimum atomic E-state index is -0.597. The van der Waals surface area contributed by atoms with E-state index in [0.717, 1.165) is 0 Å². The summed E-state index contributed by atoms with van der Waals surface area (Å²) in [5.41, 5.74) is 0. The molecule has 1 aromatic rings. The van der Waals surface area contributed by atoms with Gasteiger partial charge in [0.2, 0.25) is 5.76 Å². The molecule has 0 saturated carbocycles. The third kappa shape index (κ3) is 2.49. The Hall–Kier alpha value is -1.71. The van der Waals surface area contributed by atoms with Gasteiger partial charge in [0.25, 0.3) is 5.95 Å². The molecule has 0 aliphatic carbocycles. The molecule has 0 fully saturated rings. The van der Waals surface area contributed by atoms with Gasteiger partial charge in [0.05, 0.1) is 7.11 Å². The third-order valence-corrected chi connectivity index (χ3v) is 0.978. The molecule has 0 aliphatic rings. The smallest absolute Gasteiger partial charge is 0.374 e. The van der Waals surface area contributed by atoms with Crippen LogP contribution in [0.15, 0.2) is 29.7 Å². The first-order valence-corrected chi connectivity index (χ1v) is 3.11. The number of hydrogen-bond donors (Lipinski definition) is 1. The van der Waals surface area contributed by atoms with E-state index in [1.807, 2.05) is 0 Å². The molecule has 0 aliphatic heterocycles. The van der Waals surface area contributed by atoms with Crippen LogP contribution in [0, 0.1) is 0 Å². The zero-order chi connectivity index (χ0) is 9.56. The summed E-state index contributed by atoms with van der Waals surface area (Å²) in [7, 11) is 1.24. The Morgan fingerprint density at radius 2 is 2.17 bits per heavy atom. The molecule has 0 spiro atoms. The van der Waals surface area contributed by atoms with Gasteiger partial charge in [-0.05, 0) is 6.07 Å². The summed E-state index contributed by atoms with van der Waals surface area (Å²) in [6, 6.07) is 2.60. The van der Waals surface area contributed by atoms with Gasteiger partial charge in [-0.15, -0.1) is 13.2 Å². The molecular weight excluding hydrogens is 160 g/mol. The third-order valence-electron chi connectivity index (χ3n) is 0.978. The normalized spacial score (nSPS) is 8.08.